The molecule has 1 heterocycles. The Morgan fingerprint density at radius 2 is 1.95 bits per heavy atom. The Hall–Kier alpha value is -2.49. The minimum absolute atomic E-state index is 0.456. The number of fused-ring (bicyclic) bond motifs is 1. The first-order valence-electron chi connectivity index (χ1n) is 7.17. The highest BCUT2D eigenvalue weighted by Crippen LogP contribution is 2.20. The van der Waals surface area contributed by atoms with Crippen LogP contribution in [0.25, 0.3) is 10.8 Å². The summed E-state index contributed by atoms with van der Waals surface area (Å²) < 4.78 is 1.84. The number of aromatic nitrogens is 3. The molecule has 2 aromatic carbocycles. The maximum atomic E-state index is 11.1. The van der Waals surface area contributed by atoms with Gasteiger partial charge in [0.05, 0.1) is 12.2 Å². The number of rotatable bonds is 5. The van der Waals surface area contributed by atoms with Crippen LogP contribution in [0.3, 0.4) is 0 Å². The average Bonchev–Trinajstić information content (AvgIpc) is 2.90. The van der Waals surface area contributed by atoms with Crippen LogP contribution in [0, 0.1) is 0 Å². The zero-order valence-corrected chi connectivity index (χ0v) is 12.0. The first-order valence-corrected chi connectivity index (χ1v) is 7.17. The molecule has 0 atom stereocenters. The Morgan fingerprint density at radius 3 is 2.76 bits per heavy atom. The molecule has 0 saturated carbocycles. The SMILES string of the molecule is CCCc1c(C=O)nnn1Cc1cccc2ccccc12. The normalized spacial score (nSPS) is 10.9. The van der Waals surface area contributed by atoms with Crippen molar-refractivity contribution < 1.29 is 4.79 Å². The quantitative estimate of drug-likeness (QED) is 0.674. The van der Waals surface area contributed by atoms with E-state index < -0.39 is 0 Å². The highest BCUT2D eigenvalue weighted by atomic mass is 16.1. The van der Waals surface area contributed by atoms with E-state index in [-0.39, 0.29) is 0 Å². The molecular formula is C17H17N3O. The lowest BCUT2D eigenvalue weighted by molar-refractivity contribution is 0.111. The first-order chi connectivity index (χ1) is 10.3. The van der Waals surface area contributed by atoms with Crippen molar-refractivity contribution in [2.75, 3.05) is 0 Å². The molecule has 0 fully saturated rings. The fourth-order valence-electron chi connectivity index (χ4n) is 2.65. The second kappa shape index (κ2) is 5.87. The number of aldehydes is 1. The molecule has 0 aliphatic heterocycles. The topological polar surface area (TPSA) is 47.8 Å². The predicted octanol–water partition coefficient (Wildman–Crippen LogP) is 3.24. The lowest BCUT2D eigenvalue weighted by atomic mass is 10.0. The van der Waals surface area contributed by atoms with E-state index in [2.05, 4.69) is 47.6 Å². The molecule has 0 saturated heterocycles. The highest BCUT2D eigenvalue weighted by Gasteiger charge is 2.12. The molecule has 1 aromatic heterocycles. The summed E-state index contributed by atoms with van der Waals surface area (Å²) in [5.41, 5.74) is 2.56. The van der Waals surface area contributed by atoms with Gasteiger partial charge in [-0.25, -0.2) is 4.68 Å². The second-order valence-electron chi connectivity index (χ2n) is 5.09. The smallest absolute Gasteiger partial charge is 0.172 e. The second-order valence-corrected chi connectivity index (χ2v) is 5.09. The van der Waals surface area contributed by atoms with E-state index in [0.717, 1.165) is 24.8 Å². The summed E-state index contributed by atoms with van der Waals surface area (Å²) in [6.45, 7) is 2.72. The van der Waals surface area contributed by atoms with Gasteiger partial charge in [-0.05, 0) is 22.8 Å². The molecular weight excluding hydrogens is 262 g/mol. The van der Waals surface area contributed by atoms with Gasteiger partial charge in [0.2, 0.25) is 0 Å². The molecule has 0 N–H and O–H groups in total. The molecule has 0 radical (unpaired) electrons. The average molecular weight is 279 g/mol. The lowest BCUT2D eigenvalue weighted by Gasteiger charge is -2.09. The number of nitrogens with zero attached hydrogens (tertiary/aromatic N) is 3. The number of carbonyl (C=O) groups excluding carboxylic acids is 1. The molecule has 3 aromatic rings. The van der Waals surface area contributed by atoms with Crippen LogP contribution in [0.4, 0.5) is 0 Å². The summed E-state index contributed by atoms with van der Waals surface area (Å²) in [4.78, 5) is 11.1. The summed E-state index contributed by atoms with van der Waals surface area (Å²) >= 11 is 0. The zero-order valence-electron chi connectivity index (χ0n) is 12.0. The molecule has 0 unspecified atom stereocenters. The standard InChI is InChI=1S/C17H17N3O/c1-2-6-17-16(12-21)18-19-20(17)11-14-9-5-8-13-7-3-4-10-15(13)14/h3-5,7-10,12H,2,6,11H2,1H3. The van der Waals surface area contributed by atoms with E-state index in [1.54, 1.807) is 0 Å². The molecule has 4 heteroatoms. The minimum Gasteiger partial charge on any atom is -0.296 e. The molecule has 0 spiro atoms. The van der Waals surface area contributed by atoms with Crippen molar-refractivity contribution in [1.82, 2.24) is 15.0 Å². The predicted molar refractivity (Wildman–Crippen MR) is 82.5 cm³/mol. The van der Waals surface area contributed by atoms with Crippen molar-refractivity contribution in [2.45, 2.75) is 26.3 Å². The van der Waals surface area contributed by atoms with Gasteiger partial charge in [-0.2, -0.15) is 0 Å². The number of hydrogen-bond donors (Lipinski definition) is 0. The largest absolute Gasteiger partial charge is 0.296 e. The van der Waals surface area contributed by atoms with Gasteiger partial charge in [-0.3, -0.25) is 4.79 Å². The summed E-state index contributed by atoms with van der Waals surface area (Å²) in [6, 6.07) is 14.5. The van der Waals surface area contributed by atoms with Crippen LogP contribution in [0.2, 0.25) is 0 Å². The van der Waals surface area contributed by atoms with Crippen molar-refractivity contribution in [2.24, 2.45) is 0 Å². The highest BCUT2D eigenvalue weighted by molar-refractivity contribution is 5.85. The van der Waals surface area contributed by atoms with E-state index in [9.17, 15) is 4.79 Å². The maximum absolute atomic E-state index is 11.1. The third-order valence-electron chi connectivity index (χ3n) is 3.67. The fourth-order valence-corrected chi connectivity index (χ4v) is 2.65. The van der Waals surface area contributed by atoms with Crippen LogP contribution in [-0.2, 0) is 13.0 Å². The van der Waals surface area contributed by atoms with E-state index in [0.29, 0.717) is 12.2 Å². The Balaban J connectivity index is 2.03. The Kier molecular flexibility index (Phi) is 3.77. The Bertz CT molecular complexity index is 771. The van der Waals surface area contributed by atoms with Crippen LogP contribution >= 0.6 is 0 Å². The Labute approximate surface area is 123 Å². The summed E-state index contributed by atoms with van der Waals surface area (Å²) in [7, 11) is 0. The van der Waals surface area contributed by atoms with Gasteiger partial charge in [0.25, 0.3) is 0 Å². The molecule has 0 bridgehead atoms. The fraction of sp³-hybridized carbons (Fsp3) is 0.235. The molecule has 0 aliphatic rings. The van der Waals surface area contributed by atoms with Gasteiger partial charge in [0, 0.05) is 0 Å². The molecule has 0 amide bonds. The number of hydrogen-bond acceptors (Lipinski definition) is 3. The Morgan fingerprint density at radius 1 is 1.14 bits per heavy atom. The number of benzene rings is 2. The van der Waals surface area contributed by atoms with Gasteiger partial charge in [0.15, 0.2) is 6.29 Å². The van der Waals surface area contributed by atoms with E-state index in [4.69, 9.17) is 0 Å². The van der Waals surface area contributed by atoms with Gasteiger partial charge >= 0.3 is 0 Å². The van der Waals surface area contributed by atoms with Crippen LogP contribution < -0.4 is 0 Å². The minimum atomic E-state index is 0.456. The lowest BCUT2D eigenvalue weighted by Crippen LogP contribution is -2.07. The van der Waals surface area contributed by atoms with E-state index in [1.165, 1.54) is 16.3 Å². The summed E-state index contributed by atoms with van der Waals surface area (Å²) in [6.07, 6.45) is 2.56. The van der Waals surface area contributed by atoms with Gasteiger partial charge < -0.3 is 0 Å². The van der Waals surface area contributed by atoms with Crippen LogP contribution in [0.1, 0.15) is 35.1 Å². The van der Waals surface area contributed by atoms with Gasteiger partial charge in [-0.15, -0.1) is 5.10 Å². The van der Waals surface area contributed by atoms with Gasteiger partial charge in [-0.1, -0.05) is 61.0 Å². The van der Waals surface area contributed by atoms with Crippen molar-refractivity contribution in [3.05, 3.63) is 59.4 Å². The van der Waals surface area contributed by atoms with Crippen molar-refractivity contribution in [3.63, 3.8) is 0 Å². The van der Waals surface area contributed by atoms with Crippen molar-refractivity contribution in [3.8, 4) is 0 Å². The molecule has 21 heavy (non-hydrogen) atoms. The van der Waals surface area contributed by atoms with Crippen LogP contribution in [0.15, 0.2) is 42.5 Å². The maximum Gasteiger partial charge on any atom is 0.172 e. The molecule has 4 nitrogen and oxygen atoms in total. The monoisotopic (exact) mass is 279 g/mol. The summed E-state index contributed by atoms with van der Waals surface area (Å²) in [5.74, 6) is 0. The third-order valence-corrected chi connectivity index (χ3v) is 3.67. The van der Waals surface area contributed by atoms with E-state index in [1.807, 2.05) is 16.8 Å². The molecule has 3 rings (SSSR count). The van der Waals surface area contributed by atoms with Crippen LogP contribution in [-0.4, -0.2) is 21.3 Å². The van der Waals surface area contributed by atoms with Crippen molar-refractivity contribution in [1.29, 1.82) is 0 Å². The molecule has 0 aliphatic carbocycles. The van der Waals surface area contributed by atoms with Gasteiger partial charge in [0.1, 0.15) is 5.69 Å². The van der Waals surface area contributed by atoms with Crippen LogP contribution in [0.5, 0.6) is 0 Å². The third kappa shape index (κ3) is 2.57. The summed E-state index contributed by atoms with van der Waals surface area (Å²) in [5, 5.41) is 10.5. The zero-order chi connectivity index (χ0) is 14.7. The van der Waals surface area contributed by atoms with Crippen molar-refractivity contribution >= 4 is 17.1 Å². The van der Waals surface area contributed by atoms with E-state index >= 15 is 0 Å². The first kappa shape index (κ1) is 13.5. The molecule has 106 valence electrons. The number of carbonyl (C=O) groups is 1.